The summed E-state index contributed by atoms with van der Waals surface area (Å²) in [5.74, 6) is 0. The Labute approximate surface area is 408 Å². The lowest BCUT2D eigenvalue weighted by molar-refractivity contribution is 1.31. The monoisotopic (exact) mass is 888 g/mol. The van der Waals surface area contributed by atoms with E-state index in [9.17, 15) is 0 Å². The minimum atomic E-state index is -0.134. The van der Waals surface area contributed by atoms with Gasteiger partial charge in [0.1, 0.15) is 0 Å². The molecular formula is C68H42N2. The van der Waals surface area contributed by atoms with Gasteiger partial charge in [-0.25, -0.2) is 0 Å². The Balaban J connectivity index is 0.844. The molecule has 0 saturated heterocycles. The summed E-state index contributed by atoms with van der Waals surface area (Å²) < 4.78 is 17.0. The van der Waals surface area contributed by atoms with Gasteiger partial charge in [0.05, 0.1) is 13.8 Å². The molecule has 0 bridgehead atoms. The molecule has 0 aliphatic rings. The lowest BCUT2D eigenvalue weighted by atomic mass is 9.91. The Bertz CT molecular complexity index is 4270. The fourth-order valence-electron chi connectivity index (χ4n) is 10.8. The maximum atomic E-state index is 8.50. The molecule has 0 fully saturated rings. The molecule has 324 valence electrons. The highest BCUT2D eigenvalue weighted by Crippen LogP contribution is 2.40. The van der Waals surface area contributed by atoms with Crippen molar-refractivity contribution in [3.8, 4) is 66.8 Å². The molecule has 0 radical (unpaired) electrons. The molecule has 14 rings (SSSR count). The van der Waals surface area contributed by atoms with Gasteiger partial charge in [-0.2, -0.15) is 0 Å². The normalized spacial score (nSPS) is 12.1. The summed E-state index contributed by atoms with van der Waals surface area (Å²) in [4.78, 5) is 9.35. The van der Waals surface area contributed by atoms with Gasteiger partial charge in [0.2, 0.25) is 0 Å². The lowest BCUT2D eigenvalue weighted by Gasteiger charge is -2.14. The average molecular weight is 889 g/mol. The van der Waals surface area contributed by atoms with Crippen LogP contribution in [-0.4, -0.2) is 9.97 Å². The van der Waals surface area contributed by atoms with Crippen LogP contribution in [0.4, 0.5) is 0 Å². The largest absolute Gasteiger partial charge is 0.252 e. The second-order valence-electron chi connectivity index (χ2n) is 18.4. The van der Waals surface area contributed by atoms with Gasteiger partial charge in [-0.05, 0) is 169 Å². The number of nitrogens with zero attached hydrogens (tertiary/aromatic N) is 2. The van der Waals surface area contributed by atoms with E-state index in [1.807, 2.05) is 0 Å². The standard InChI is InChI=1S/C68H42N2/c1-3-19-59-43(9-1)21-23-45-25-27-55(39-63(45)59)51-15-5-11-47(35-51)49-13-7-17-53(37-49)57-29-31-61-65(41-57)66-42-58(30-32-62(66)68-67(61)69-33-34-70-68)54-18-8-14-50(38-54)48-12-6-16-52(36-48)56-28-26-46-24-22-44-10-2-4-20-60(44)64(46)40-56/h1-42H/i33D,34D. The molecule has 0 saturated carbocycles. The predicted molar refractivity (Wildman–Crippen MR) is 297 cm³/mol. The van der Waals surface area contributed by atoms with Crippen molar-refractivity contribution in [3.05, 3.63) is 255 Å². The lowest BCUT2D eigenvalue weighted by Crippen LogP contribution is -1.90. The molecule has 0 N–H and O–H groups in total. The number of rotatable bonds is 6. The van der Waals surface area contributed by atoms with Crippen molar-refractivity contribution in [2.75, 3.05) is 0 Å². The molecular weight excluding hydrogens is 845 g/mol. The summed E-state index contributed by atoms with van der Waals surface area (Å²) in [6.45, 7) is 0. The summed E-state index contributed by atoms with van der Waals surface area (Å²) in [6, 6.07) is 87.8. The van der Waals surface area contributed by atoms with Crippen molar-refractivity contribution in [1.82, 2.24) is 9.97 Å². The van der Waals surface area contributed by atoms with Crippen molar-refractivity contribution >= 4 is 75.7 Å². The third kappa shape index (κ3) is 6.80. The molecule has 0 aliphatic carbocycles. The highest BCUT2D eigenvalue weighted by molar-refractivity contribution is 6.24. The number of benzene rings is 13. The van der Waals surface area contributed by atoms with Gasteiger partial charge in [-0.3, -0.25) is 9.97 Å². The van der Waals surface area contributed by atoms with Crippen molar-refractivity contribution in [2.45, 2.75) is 0 Å². The SMILES string of the molecule is [2H]c1nc2c3ccc(-c4cccc(-c5cccc(-c6ccc7ccc8ccccc8c7c6)c5)c4)cc3c3cc(-c4cccc(-c5cccc(-c6ccc7ccc8ccccc8c7c6)c5)c4)ccc3c2nc1[2H]. The molecule has 2 nitrogen and oxygen atoms in total. The summed E-state index contributed by atoms with van der Waals surface area (Å²) in [6.07, 6.45) is -0.267. The molecule has 0 aliphatic heterocycles. The topological polar surface area (TPSA) is 25.8 Å². The Kier molecular flexibility index (Phi) is 8.76. The molecule has 1 heterocycles. The van der Waals surface area contributed by atoms with E-state index in [-0.39, 0.29) is 12.3 Å². The first-order valence-electron chi connectivity index (χ1n) is 24.9. The van der Waals surface area contributed by atoms with E-state index in [2.05, 4.69) is 253 Å². The number of hydrogen-bond acceptors (Lipinski definition) is 2. The van der Waals surface area contributed by atoms with Crippen molar-refractivity contribution < 1.29 is 2.74 Å². The molecule has 0 unspecified atom stereocenters. The van der Waals surface area contributed by atoms with E-state index in [4.69, 9.17) is 2.74 Å². The van der Waals surface area contributed by atoms with Crippen LogP contribution >= 0.6 is 0 Å². The maximum Gasteiger partial charge on any atom is 0.0971 e. The van der Waals surface area contributed by atoms with Crippen molar-refractivity contribution in [1.29, 1.82) is 0 Å². The second kappa shape index (κ2) is 16.2. The van der Waals surface area contributed by atoms with E-state index < -0.39 is 0 Å². The van der Waals surface area contributed by atoms with Crippen LogP contribution in [-0.2, 0) is 0 Å². The zero-order chi connectivity index (χ0) is 47.9. The van der Waals surface area contributed by atoms with E-state index in [0.29, 0.717) is 11.0 Å². The average Bonchev–Trinajstić information content (AvgIpc) is 3.45. The third-order valence-corrected chi connectivity index (χ3v) is 14.4. The molecule has 2 heteroatoms. The zero-order valence-corrected chi connectivity index (χ0v) is 38.0. The van der Waals surface area contributed by atoms with Crippen molar-refractivity contribution in [2.24, 2.45) is 0 Å². The molecule has 0 amide bonds. The van der Waals surface area contributed by atoms with Crippen LogP contribution in [0.25, 0.3) is 142 Å². The van der Waals surface area contributed by atoms with Gasteiger partial charge in [-0.1, -0.05) is 194 Å². The van der Waals surface area contributed by atoms with E-state index in [1.165, 1.54) is 65.3 Å². The summed E-state index contributed by atoms with van der Waals surface area (Å²) in [5.41, 5.74) is 14.9. The Morgan fingerprint density at radius 3 is 0.829 bits per heavy atom. The van der Waals surface area contributed by atoms with Crippen LogP contribution in [0.2, 0.25) is 0 Å². The molecule has 0 spiro atoms. The van der Waals surface area contributed by atoms with Gasteiger partial charge in [0.25, 0.3) is 0 Å². The van der Waals surface area contributed by atoms with Crippen LogP contribution < -0.4 is 0 Å². The fourth-order valence-corrected chi connectivity index (χ4v) is 10.8. The number of hydrogen-bond donors (Lipinski definition) is 0. The van der Waals surface area contributed by atoms with Gasteiger partial charge < -0.3 is 0 Å². The minimum absolute atomic E-state index is 0.134. The molecule has 0 atom stereocenters. The maximum absolute atomic E-state index is 8.50. The highest BCUT2D eigenvalue weighted by Gasteiger charge is 2.15. The highest BCUT2D eigenvalue weighted by atomic mass is 14.8. The van der Waals surface area contributed by atoms with E-state index in [0.717, 1.165) is 66.1 Å². The first-order chi connectivity index (χ1) is 35.5. The van der Waals surface area contributed by atoms with Gasteiger partial charge in [0, 0.05) is 23.1 Å². The molecule has 13 aromatic carbocycles. The van der Waals surface area contributed by atoms with Crippen LogP contribution in [0.3, 0.4) is 0 Å². The zero-order valence-electron chi connectivity index (χ0n) is 40.0. The minimum Gasteiger partial charge on any atom is -0.252 e. The predicted octanol–water partition coefficient (Wildman–Crippen LogP) is 18.6. The van der Waals surface area contributed by atoms with E-state index in [1.54, 1.807) is 0 Å². The van der Waals surface area contributed by atoms with Crippen molar-refractivity contribution in [3.63, 3.8) is 0 Å². The van der Waals surface area contributed by atoms with Crippen LogP contribution in [0.1, 0.15) is 2.74 Å². The Morgan fingerprint density at radius 2 is 0.471 bits per heavy atom. The van der Waals surface area contributed by atoms with Gasteiger partial charge in [0.15, 0.2) is 0 Å². The van der Waals surface area contributed by atoms with Gasteiger partial charge in [-0.15, -0.1) is 0 Å². The summed E-state index contributed by atoms with van der Waals surface area (Å²) in [7, 11) is 0. The fraction of sp³-hybridized carbons (Fsp3) is 0. The van der Waals surface area contributed by atoms with Gasteiger partial charge >= 0.3 is 0 Å². The first-order valence-corrected chi connectivity index (χ1v) is 23.9. The first kappa shape index (κ1) is 37.8. The number of aromatic nitrogens is 2. The summed E-state index contributed by atoms with van der Waals surface area (Å²) in [5, 5.41) is 13.8. The molecule has 14 aromatic rings. The third-order valence-electron chi connectivity index (χ3n) is 14.4. The van der Waals surface area contributed by atoms with Crippen LogP contribution in [0.5, 0.6) is 0 Å². The van der Waals surface area contributed by atoms with Crippen LogP contribution in [0.15, 0.2) is 255 Å². The summed E-state index contributed by atoms with van der Waals surface area (Å²) >= 11 is 0. The Hall–Kier alpha value is -9.24. The Morgan fingerprint density at radius 1 is 0.200 bits per heavy atom. The van der Waals surface area contributed by atoms with Crippen LogP contribution in [0, 0.1) is 0 Å². The molecule has 70 heavy (non-hydrogen) atoms. The quantitative estimate of drug-likeness (QED) is 0.155. The second-order valence-corrected chi connectivity index (χ2v) is 18.4. The van der Waals surface area contributed by atoms with E-state index >= 15 is 0 Å². The smallest absolute Gasteiger partial charge is 0.0971 e. The number of fused-ring (bicyclic) bond motifs is 12. The molecule has 1 aromatic heterocycles.